The molecule has 106 valence electrons. The van der Waals surface area contributed by atoms with Crippen molar-refractivity contribution in [3.8, 4) is 0 Å². The Morgan fingerprint density at radius 1 is 0.833 bits per heavy atom. The van der Waals surface area contributed by atoms with E-state index in [0.717, 1.165) is 52.3 Å². The van der Waals surface area contributed by atoms with E-state index in [2.05, 4.69) is 6.92 Å². The molecule has 0 aromatic rings. The standard InChI is InChI=1S/C10H18O2.C4H8O2/c1-9-5-8-11-10(12-9)6-3-2-4-7-10;1-2-6-4-3-5-1/h9H,2-8H2,1H3;1-4H2. The number of rotatable bonds is 0. The third-order valence-corrected chi connectivity index (χ3v) is 3.66. The van der Waals surface area contributed by atoms with E-state index >= 15 is 0 Å². The second-order valence-electron chi connectivity index (χ2n) is 5.26. The monoisotopic (exact) mass is 258 g/mol. The van der Waals surface area contributed by atoms with Crippen LogP contribution >= 0.6 is 0 Å². The molecule has 4 heteroatoms. The van der Waals surface area contributed by atoms with Gasteiger partial charge in [-0.1, -0.05) is 6.42 Å². The van der Waals surface area contributed by atoms with Crippen LogP contribution in [0.3, 0.4) is 0 Å². The van der Waals surface area contributed by atoms with Crippen molar-refractivity contribution in [2.45, 2.75) is 57.3 Å². The van der Waals surface area contributed by atoms with Crippen LogP contribution in [0.15, 0.2) is 0 Å². The molecule has 2 heterocycles. The second-order valence-corrected chi connectivity index (χ2v) is 5.26. The fourth-order valence-corrected chi connectivity index (χ4v) is 2.66. The fourth-order valence-electron chi connectivity index (χ4n) is 2.66. The van der Waals surface area contributed by atoms with Gasteiger partial charge in [0.1, 0.15) is 0 Å². The lowest BCUT2D eigenvalue weighted by Gasteiger charge is -2.42. The molecule has 2 aliphatic heterocycles. The Labute approximate surface area is 110 Å². The largest absolute Gasteiger partial charge is 0.377 e. The summed E-state index contributed by atoms with van der Waals surface area (Å²) in [5.41, 5.74) is 0. The lowest BCUT2D eigenvalue weighted by Crippen LogP contribution is -2.45. The first-order valence-electron chi connectivity index (χ1n) is 7.28. The summed E-state index contributed by atoms with van der Waals surface area (Å²) >= 11 is 0. The average molecular weight is 258 g/mol. The van der Waals surface area contributed by atoms with Crippen LogP contribution in [0.1, 0.15) is 45.4 Å². The minimum absolute atomic E-state index is 0.171. The van der Waals surface area contributed by atoms with Gasteiger partial charge in [-0.15, -0.1) is 0 Å². The fraction of sp³-hybridized carbons (Fsp3) is 1.00. The maximum Gasteiger partial charge on any atom is 0.168 e. The predicted molar refractivity (Wildman–Crippen MR) is 68.6 cm³/mol. The summed E-state index contributed by atoms with van der Waals surface area (Å²) in [6.07, 6.45) is 7.57. The first-order chi connectivity index (χ1) is 8.81. The molecule has 1 spiro atoms. The van der Waals surface area contributed by atoms with Crippen LogP contribution in [0.25, 0.3) is 0 Å². The molecule has 3 rings (SSSR count). The summed E-state index contributed by atoms with van der Waals surface area (Å²) in [4.78, 5) is 0. The van der Waals surface area contributed by atoms with Gasteiger partial charge in [0.15, 0.2) is 5.79 Å². The molecule has 3 fully saturated rings. The van der Waals surface area contributed by atoms with Gasteiger partial charge < -0.3 is 18.9 Å². The smallest absolute Gasteiger partial charge is 0.168 e. The summed E-state index contributed by atoms with van der Waals surface area (Å²) < 4.78 is 21.5. The highest BCUT2D eigenvalue weighted by Crippen LogP contribution is 2.36. The average Bonchev–Trinajstić information content (AvgIpc) is 2.42. The lowest BCUT2D eigenvalue weighted by atomic mass is 9.93. The molecule has 3 aliphatic rings. The van der Waals surface area contributed by atoms with Gasteiger partial charge in [0.25, 0.3) is 0 Å². The highest BCUT2D eigenvalue weighted by molar-refractivity contribution is 4.79. The molecular formula is C14H26O4. The van der Waals surface area contributed by atoms with Gasteiger partial charge in [-0.25, -0.2) is 0 Å². The third kappa shape index (κ3) is 4.50. The number of ether oxygens (including phenoxy) is 4. The second kappa shape index (κ2) is 7.43. The summed E-state index contributed by atoms with van der Waals surface area (Å²) in [6.45, 7) is 6.15. The molecule has 1 aliphatic carbocycles. The van der Waals surface area contributed by atoms with Gasteiger partial charge >= 0.3 is 0 Å². The van der Waals surface area contributed by atoms with Crippen molar-refractivity contribution in [2.24, 2.45) is 0 Å². The molecule has 1 unspecified atom stereocenters. The molecule has 1 saturated carbocycles. The van der Waals surface area contributed by atoms with E-state index in [1.807, 2.05) is 0 Å². The van der Waals surface area contributed by atoms with Crippen LogP contribution in [0, 0.1) is 0 Å². The number of hydrogen-bond donors (Lipinski definition) is 0. The normalized spacial score (nSPS) is 31.5. The Morgan fingerprint density at radius 3 is 1.94 bits per heavy atom. The minimum Gasteiger partial charge on any atom is -0.377 e. The van der Waals surface area contributed by atoms with Crippen LogP contribution in [-0.2, 0) is 18.9 Å². The SMILES string of the molecule is C1COCCO1.CC1CCOC2(CCCCC2)O1. The maximum atomic E-state index is 5.89. The van der Waals surface area contributed by atoms with E-state index in [0.29, 0.717) is 6.10 Å². The summed E-state index contributed by atoms with van der Waals surface area (Å²) in [5.74, 6) is -0.171. The van der Waals surface area contributed by atoms with Crippen molar-refractivity contribution in [1.82, 2.24) is 0 Å². The molecule has 4 nitrogen and oxygen atoms in total. The van der Waals surface area contributed by atoms with E-state index in [9.17, 15) is 0 Å². The number of hydrogen-bond acceptors (Lipinski definition) is 4. The molecule has 0 N–H and O–H groups in total. The van der Waals surface area contributed by atoms with Crippen LogP contribution in [-0.4, -0.2) is 44.9 Å². The first kappa shape index (κ1) is 14.3. The van der Waals surface area contributed by atoms with E-state index in [1.165, 1.54) is 19.3 Å². The Hall–Kier alpha value is -0.160. The molecule has 0 bridgehead atoms. The molecule has 18 heavy (non-hydrogen) atoms. The molecule has 0 amide bonds. The van der Waals surface area contributed by atoms with Gasteiger partial charge in [0.2, 0.25) is 0 Å². The highest BCUT2D eigenvalue weighted by atomic mass is 16.7. The summed E-state index contributed by atoms with van der Waals surface area (Å²) in [5, 5.41) is 0. The molecule has 0 aromatic carbocycles. The summed E-state index contributed by atoms with van der Waals surface area (Å²) in [6, 6.07) is 0. The van der Waals surface area contributed by atoms with Crippen LogP contribution in [0.2, 0.25) is 0 Å². The summed E-state index contributed by atoms with van der Waals surface area (Å²) in [7, 11) is 0. The Balaban J connectivity index is 0.000000169. The van der Waals surface area contributed by atoms with Crippen LogP contribution < -0.4 is 0 Å². The minimum atomic E-state index is -0.171. The molecule has 0 aromatic heterocycles. The molecule has 0 radical (unpaired) electrons. The van der Waals surface area contributed by atoms with Crippen molar-refractivity contribution < 1.29 is 18.9 Å². The quantitative estimate of drug-likeness (QED) is 0.669. The zero-order valence-electron chi connectivity index (χ0n) is 11.5. The van der Waals surface area contributed by atoms with E-state index in [1.54, 1.807) is 0 Å². The van der Waals surface area contributed by atoms with Crippen molar-refractivity contribution in [1.29, 1.82) is 0 Å². The van der Waals surface area contributed by atoms with Crippen molar-refractivity contribution in [2.75, 3.05) is 33.0 Å². The zero-order chi connectivity index (χ0) is 12.7. The highest BCUT2D eigenvalue weighted by Gasteiger charge is 2.38. The van der Waals surface area contributed by atoms with Crippen molar-refractivity contribution >= 4 is 0 Å². The van der Waals surface area contributed by atoms with Gasteiger partial charge in [0.05, 0.1) is 39.1 Å². The van der Waals surface area contributed by atoms with Gasteiger partial charge in [-0.05, 0) is 26.2 Å². The van der Waals surface area contributed by atoms with Crippen molar-refractivity contribution in [3.63, 3.8) is 0 Å². The van der Waals surface area contributed by atoms with Crippen LogP contribution in [0.5, 0.6) is 0 Å². The first-order valence-corrected chi connectivity index (χ1v) is 7.28. The predicted octanol–water partition coefficient (Wildman–Crippen LogP) is 2.51. The van der Waals surface area contributed by atoms with E-state index in [-0.39, 0.29) is 5.79 Å². The van der Waals surface area contributed by atoms with E-state index < -0.39 is 0 Å². The maximum absolute atomic E-state index is 5.89. The third-order valence-electron chi connectivity index (χ3n) is 3.66. The Kier molecular flexibility index (Phi) is 5.89. The molecule has 1 atom stereocenters. The van der Waals surface area contributed by atoms with Gasteiger partial charge in [-0.2, -0.15) is 0 Å². The van der Waals surface area contributed by atoms with E-state index in [4.69, 9.17) is 18.9 Å². The molecular weight excluding hydrogens is 232 g/mol. The van der Waals surface area contributed by atoms with Gasteiger partial charge in [-0.3, -0.25) is 0 Å². The van der Waals surface area contributed by atoms with Gasteiger partial charge in [0, 0.05) is 12.8 Å². The topological polar surface area (TPSA) is 36.9 Å². The zero-order valence-corrected chi connectivity index (χ0v) is 11.5. The Morgan fingerprint density at radius 2 is 1.44 bits per heavy atom. The van der Waals surface area contributed by atoms with Crippen molar-refractivity contribution in [3.05, 3.63) is 0 Å². The lowest BCUT2D eigenvalue weighted by molar-refractivity contribution is -0.301. The molecule has 2 saturated heterocycles. The van der Waals surface area contributed by atoms with Crippen LogP contribution in [0.4, 0.5) is 0 Å². The Bertz CT molecular complexity index is 205.